The lowest BCUT2D eigenvalue weighted by atomic mass is 10.0. The van der Waals surface area contributed by atoms with Gasteiger partial charge in [-0.1, -0.05) is 5.16 Å². The average molecular weight is 498 g/mol. The van der Waals surface area contributed by atoms with Crippen molar-refractivity contribution in [1.82, 2.24) is 15.2 Å². The van der Waals surface area contributed by atoms with Crippen LogP contribution in [0.15, 0.2) is 21.8 Å². The van der Waals surface area contributed by atoms with E-state index in [9.17, 15) is 24.6 Å². The smallest absolute Gasteiger partial charge is 0.352 e. The van der Waals surface area contributed by atoms with Gasteiger partial charge in [0, 0.05) is 23.1 Å². The number of carbonyl (C=O) groups excluding carboxylic acids is 2. The number of anilines is 1. The van der Waals surface area contributed by atoms with Crippen molar-refractivity contribution in [3.63, 3.8) is 0 Å². The van der Waals surface area contributed by atoms with E-state index in [1.54, 1.807) is 5.38 Å². The molecule has 0 radical (unpaired) electrons. The fraction of sp³-hybridized carbons (Fsp3) is 0.526. The van der Waals surface area contributed by atoms with Gasteiger partial charge in [-0.15, -0.1) is 23.1 Å². The fourth-order valence-corrected chi connectivity index (χ4v) is 6.35. The summed E-state index contributed by atoms with van der Waals surface area (Å²) in [6.07, 6.45) is 0.253. The van der Waals surface area contributed by atoms with Crippen LogP contribution in [-0.4, -0.2) is 105 Å². The Bertz CT molecular complexity index is 1060. The number of carboxylic acids is 1. The highest BCUT2D eigenvalue weighted by Gasteiger charge is 2.55. The first kappa shape index (κ1) is 23.5. The number of nitrogen functional groups attached to an aromatic ring is 1. The summed E-state index contributed by atoms with van der Waals surface area (Å²) in [5.74, 6) is -1.95. The summed E-state index contributed by atoms with van der Waals surface area (Å²) in [7, 11) is 3.26. The first-order chi connectivity index (χ1) is 15.6. The molecule has 2 amide bonds. The minimum absolute atomic E-state index is 0.0342. The van der Waals surface area contributed by atoms with Gasteiger partial charge in [-0.25, -0.2) is 9.78 Å². The molecular weight excluding hydrogens is 472 g/mol. The summed E-state index contributed by atoms with van der Waals surface area (Å²) < 4.78 is 0.522. The third kappa shape index (κ3) is 4.43. The molecule has 178 valence electrons. The molecule has 2 saturated heterocycles. The normalized spacial score (nSPS) is 29.5. The average Bonchev–Trinajstić information content (AvgIpc) is 3.34. The van der Waals surface area contributed by atoms with Gasteiger partial charge in [-0.3, -0.25) is 14.5 Å². The van der Waals surface area contributed by atoms with Gasteiger partial charge in [-0.2, -0.15) is 0 Å². The second kappa shape index (κ2) is 8.93. The van der Waals surface area contributed by atoms with Crippen LogP contribution in [0.4, 0.5) is 5.13 Å². The maximum absolute atomic E-state index is 12.9. The zero-order valence-corrected chi connectivity index (χ0v) is 19.7. The first-order valence-electron chi connectivity index (χ1n) is 10.2. The second-order valence-electron chi connectivity index (χ2n) is 8.44. The van der Waals surface area contributed by atoms with Crippen LogP contribution >= 0.6 is 23.1 Å². The van der Waals surface area contributed by atoms with Crippen molar-refractivity contribution in [3.05, 3.63) is 22.3 Å². The number of thioether (sulfide) groups is 1. The molecule has 3 unspecified atom stereocenters. The van der Waals surface area contributed by atoms with Crippen LogP contribution in [0.1, 0.15) is 12.1 Å². The molecular formula is C19H25N6O6S2+. The Morgan fingerprint density at radius 1 is 1.48 bits per heavy atom. The highest BCUT2D eigenvalue weighted by atomic mass is 32.2. The molecule has 0 spiro atoms. The van der Waals surface area contributed by atoms with Crippen LogP contribution < -0.4 is 11.1 Å². The number of oxime groups is 1. The number of quaternary nitrogens is 1. The first-order valence-corrected chi connectivity index (χ1v) is 12.1. The fourth-order valence-electron chi connectivity index (χ4n) is 4.46. The minimum atomic E-state index is -1.18. The Morgan fingerprint density at radius 3 is 2.82 bits per heavy atom. The van der Waals surface area contributed by atoms with Crippen LogP contribution in [0.5, 0.6) is 0 Å². The number of aliphatic carboxylic acids is 1. The molecule has 1 aromatic rings. The number of thiazole rings is 1. The number of likely N-dealkylation sites (tertiary alicyclic amines) is 1. The van der Waals surface area contributed by atoms with Crippen LogP contribution in [0.25, 0.3) is 0 Å². The molecule has 1 aromatic heterocycles. The summed E-state index contributed by atoms with van der Waals surface area (Å²) in [6, 6.07) is -0.908. The number of rotatable bonds is 7. The Labute approximate surface area is 197 Å². The SMILES string of the molecule is CO/N=C(\C(=O)NC1C(=O)N2C(C(=O)O)=C(C[N+]3(C)CCC(O)C3)CS[C@H]12)c1csc(N)n1. The number of likely N-dealkylation sites (N-methyl/N-ethyl adjacent to an activating group) is 1. The second-order valence-corrected chi connectivity index (χ2v) is 10.4. The van der Waals surface area contributed by atoms with E-state index in [2.05, 4.69) is 15.5 Å². The number of β-lactam (4-membered cyclic amide) rings is 1. The predicted molar refractivity (Wildman–Crippen MR) is 121 cm³/mol. The summed E-state index contributed by atoms with van der Waals surface area (Å²) >= 11 is 2.53. The number of aliphatic hydroxyl groups excluding tert-OH is 1. The number of nitrogens with zero attached hydrogens (tertiary/aromatic N) is 4. The number of carboxylic acid groups (broad SMARTS) is 1. The Morgan fingerprint density at radius 2 is 2.24 bits per heavy atom. The van der Waals surface area contributed by atoms with E-state index in [-0.39, 0.29) is 22.2 Å². The van der Waals surface area contributed by atoms with Crippen LogP contribution in [0.3, 0.4) is 0 Å². The van der Waals surface area contributed by atoms with Crippen molar-refractivity contribution in [2.24, 2.45) is 5.16 Å². The van der Waals surface area contributed by atoms with E-state index >= 15 is 0 Å². The maximum Gasteiger partial charge on any atom is 0.352 e. The van der Waals surface area contributed by atoms with E-state index < -0.39 is 35.3 Å². The molecule has 14 heteroatoms. The van der Waals surface area contributed by atoms with Crippen molar-refractivity contribution >= 4 is 51.7 Å². The van der Waals surface area contributed by atoms with Gasteiger partial charge in [-0.05, 0) is 0 Å². The molecule has 0 bridgehead atoms. The molecule has 4 atom stereocenters. The lowest BCUT2D eigenvalue weighted by molar-refractivity contribution is -0.894. The van der Waals surface area contributed by atoms with Crippen LogP contribution in [0, 0.1) is 0 Å². The Kier molecular flexibility index (Phi) is 6.35. The number of aromatic nitrogens is 1. The number of fused-ring (bicyclic) bond motifs is 1. The van der Waals surface area contributed by atoms with E-state index in [0.717, 1.165) is 17.9 Å². The van der Waals surface area contributed by atoms with Crippen molar-refractivity contribution < 1.29 is 33.9 Å². The number of nitrogens with two attached hydrogens (primary N) is 1. The molecule has 0 saturated carbocycles. The van der Waals surface area contributed by atoms with E-state index in [1.807, 2.05) is 7.05 Å². The zero-order chi connectivity index (χ0) is 23.9. The van der Waals surface area contributed by atoms with Gasteiger partial charge >= 0.3 is 5.97 Å². The lowest BCUT2D eigenvalue weighted by Gasteiger charge is -2.49. The summed E-state index contributed by atoms with van der Waals surface area (Å²) in [4.78, 5) is 47.9. The molecule has 4 rings (SSSR count). The summed E-state index contributed by atoms with van der Waals surface area (Å²) in [5.41, 5.74) is 6.34. The van der Waals surface area contributed by atoms with Gasteiger partial charge in [0.15, 0.2) is 10.8 Å². The molecule has 4 heterocycles. The number of aliphatic hydroxyl groups is 1. The van der Waals surface area contributed by atoms with E-state index in [1.165, 1.54) is 23.8 Å². The van der Waals surface area contributed by atoms with Gasteiger partial charge in [0.2, 0.25) is 0 Å². The summed E-state index contributed by atoms with van der Waals surface area (Å²) in [5, 5.41) is 27.4. The minimum Gasteiger partial charge on any atom is -0.477 e. The summed E-state index contributed by atoms with van der Waals surface area (Å²) in [6.45, 7) is 1.72. The molecule has 0 aliphatic carbocycles. The van der Waals surface area contributed by atoms with E-state index in [4.69, 9.17) is 10.6 Å². The van der Waals surface area contributed by atoms with Gasteiger partial charge in [0.05, 0.1) is 13.6 Å². The highest BCUT2D eigenvalue weighted by molar-refractivity contribution is 8.00. The standard InChI is InChI=1S/C19H24N6O6S2/c1-25(4-3-10(26)6-25)5-9-7-32-17-13(16(28)24(17)14(9)18(29)30)22-15(27)12(23-31-2)11-8-33-19(20)21-11/h8,10,13,17,26H,3-7H2,1-2H3,(H3-,20,21,22,27,29,30)/p+1/b23-12-/t10?,13?,17-,25?/m1/s1. The third-order valence-electron chi connectivity index (χ3n) is 5.92. The van der Waals surface area contributed by atoms with Gasteiger partial charge < -0.3 is 30.6 Å². The molecule has 3 aliphatic heterocycles. The molecule has 0 aromatic carbocycles. The largest absolute Gasteiger partial charge is 0.477 e. The Balaban J connectivity index is 1.51. The number of hydrogen-bond acceptors (Lipinski definition) is 10. The van der Waals surface area contributed by atoms with Crippen molar-refractivity contribution in [2.45, 2.75) is 23.9 Å². The quantitative estimate of drug-likeness (QED) is 0.160. The number of carbonyl (C=O) groups is 3. The highest BCUT2D eigenvalue weighted by Crippen LogP contribution is 2.41. The molecule has 12 nitrogen and oxygen atoms in total. The number of amides is 2. The van der Waals surface area contributed by atoms with Crippen molar-refractivity contribution in [1.29, 1.82) is 0 Å². The predicted octanol–water partition coefficient (Wildman–Crippen LogP) is -0.974. The van der Waals surface area contributed by atoms with E-state index in [0.29, 0.717) is 35.3 Å². The monoisotopic (exact) mass is 497 g/mol. The van der Waals surface area contributed by atoms with Crippen molar-refractivity contribution in [2.75, 3.05) is 45.3 Å². The lowest BCUT2D eigenvalue weighted by Crippen LogP contribution is -2.71. The van der Waals surface area contributed by atoms with Crippen LogP contribution in [-0.2, 0) is 19.2 Å². The number of hydrogen-bond donors (Lipinski definition) is 4. The number of nitrogens with one attached hydrogen (secondary N) is 1. The molecule has 3 aliphatic rings. The maximum atomic E-state index is 12.9. The van der Waals surface area contributed by atoms with Crippen LogP contribution in [0.2, 0.25) is 0 Å². The third-order valence-corrected chi connectivity index (χ3v) is 7.94. The van der Waals surface area contributed by atoms with Crippen molar-refractivity contribution in [3.8, 4) is 0 Å². The topological polar surface area (TPSA) is 167 Å². The molecule has 33 heavy (non-hydrogen) atoms. The molecule has 2 fully saturated rings. The molecule has 5 N–H and O–H groups in total. The zero-order valence-electron chi connectivity index (χ0n) is 18.1. The van der Waals surface area contributed by atoms with Gasteiger partial charge in [0.25, 0.3) is 11.8 Å². The van der Waals surface area contributed by atoms with Gasteiger partial charge in [0.1, 0.15) is 49.1 Å². The Hall–Kier alpha value is -2.68.